The number of hydrogen-bond donors (Lipinski definition) is 1. The summed E-state index contributed by atoms with van der Waals surface area (Å²) in [5.41, 5.74) is 5.74. The number of rotatable bonds is 4. The Morgan fingerprint density at radius 3 is 2.67 bits per heavy atom. The molecule has 0 aromatic carbocycles. The molecule has 7 heteroatoms. The van der Waals surface area contributed by atoms with E-state index in [4.69, 9.17) is 10.5 Å². The minimum Gasteiger partial charge on any atom is -0.378 e. The molecular formula is C11H19N5OS. The summed E-state index contributed by atoms with van der Waals surface area (Å²) in [5.74, 6) is 2.53. The number of aromatic nitrogens is 3. The zero-order valence-electron chi connectivity index (χ0n) is 10.8. The van der Waals surface area contributed by atoms with Gasteiger partial charge < -0.3 is 15.4 Å². The van der Waals surface area contributed by atoms with Crippen molar-refractivity contribution in [2.24, 2.45) is 5.92 Å². The predicted molar refractivity (Wildman–Crippen MR) is 72.8 cm³/mol. The maximum absolute atomic E-state index is 5.74. The third-order valence-electron chi connectivity index (χ3n) is 2.46. The molecule has 1 aromatic rings. The zero-order valence-corrected chi connectivity index (χ0v) is 11.6. The molecule has 1 saturated heterocycles. The van der Waals surface area contributed by atoms with Crippen LogP contribution in [0.2, 0.25) is 0 Å². The van der Waals surface area contributed by atoms with Gasteiger partial charge in [-0.3, -0.25) is 0 Å². The molecule has 0 bridgehead atoms. The van der Waals surface area contributed by atoms with E-state index in [1.165, 1.54) is 0 Å². The van der Waals surface area contributed by atoms with Crippen LogP contribution < -0.4 is 10.6 Å². The van der Waals surface area contributed by atoms with Crippen molar-refractivity contribution in [2.75, 3.05) is 42.7 Å². The monoisotopic (exact) mass is 269 g/mol. The molecule has 100 valence electrons. The average Bonchev–Trinajstić information content (AvgIpc) is 2.37. The standard InChI is InChI=1S/C11H19N5OS/c1-8(2)7-18-11-14-9(12)13-10(15-11)16-3-5-17-6-4-16/h8H,3-7H2,1-2H3,(H2,12,13,14,15). The average molecular weight is 269 g/mol. The van der Waals surface area contributed by atoms with Gasteiger partial charge in [0.25, 0.3) is 0 Å². The van der Waals surface area contributed by atoms with E-state index < -0.39 is 0 Å². The van der Waals surface area contributed by atoms with Crippen molar-refractivity contribution >= 4 is 23.7 Å². The van der Waals surface area contributed by atoms with Gasteiger partial charge in [0.05, 0.1) is 13.2 Å². The Kier molecular flexibility index (Phi) is 4.60. The lowest BCUT2D eigenvalue weighted by Gasteiger charge is -2.26. The fourth-order valence-corrected chi connectivity index (χ4v) is 2.36. The Labute approximate surface area is 111 Å². The number of nitrogens with zero attached hydrogens (tertiary/aromatic N) is 4. The van der Waals surface area contributed by atoms with E-state index in [1.807, 2.05) is 0 Å². The molecule has 1 fully saturated rings. The Morgan fingerprint density at radius 2 is 2.00 bits per heavy atom. The number of anilines is 2. The van der Waals surface area contributed by atoms with E-state index >= 15 is 0 Å². The van der Waals surface area contributed by atoms with Gasteiger partial charge in [0.1, 0.15) is 0 Å². The molecule has 6 nitrogen and oxygen atoms in total. The van der Waals surface area contributed by atoms with Crippen LogP contribution in [0.25, 0.3) is 0 Å². The highest BCUT2D eigenvalue weighted by molar-refractivity contribution is 7.99. The molecular weight excluding hydrogens is 250 g/mol. The first kappa shape index (κ1) is 13.4. The zero-order chi connectivity index (χ0) is 13.0. The summed E-state index contributed by atoms with van der Waals surface area (Å²) in [6, 6.07) is 0. The minimum atomic E-state index is 0.290. The molecule has 0 aliphatic carbocycles. The molecule has 0 unspecified atom stereocenters. The lowest BCUT2D eigenvalue weighted by molar-refractivity contribution is 0.122. The van der Waals surface area contributed by atoms with Gasteiger partial charge in [-0.25, -0.2) is 0 Å². The lowest BCUT2D eigenvalue weighted by Crippen LogP contribution is -2.37. The van der Waals surface area contributed by atoms with Gasteiger partial charge in [-0.05, 0) is 5.92 Å². The molecule has 0 amide bonds. The van der Waals surface area contributed by atoms with E-state index in [-0.39, 0.29) is 5.95 Å². The third-order valence-corrected chi connectivity index (χ3v) is 3.73. The van der Waals surface area contributed by atoms with Crippen molar-refractivity contribution in [3.05, 3.63) is 0 Å². The van der Waals surface area contributed by atoms with Crippen LogP contribution in [-0.4, -0.2) is 47.0 Å². The van der Waals surface area contributed by atoms with E-state index in [1.54, 1.807) is 11.8 Å². The highest BCUT2D eigenvalue weighted by Gasteiger charge is 2.16. The molecule has 1 aliphatic heterocycles. The molecule has 2 rings (SSSR count). The fraction of sp³-hybridized carbons (Fsp3) is 0.727. The van der Waals surface area contributed by atoms with Crippen LogP contribution in [-0.2, 0) is 4.74 Å². The van der Waals surface area contributed by atoms with Crippen molar-refractivity contribution in [3.63, 3.8) is 0 Å². The lowest BCUT2D eigenvalue weighted by atomic mass is 10.3. The molecule has 0 radical (unpaired) electrons. The van der Waals surface area contributed by atoms with E-state index in [9.17, 15) is 0 Å². The summed E-state index contributed by atoms with van der Waals surface area (Å²) in [6.45, 7) is 7.36. The highest BCUT2D eigenvalue weighted by Crippen LogP contribution is 2.20. The molecule has 2 heterocycles. The first-order chi connectivity index (χ1) is 8.65. The molecule has 1 aromatic heterocycles. The van der Waals surface area contributed by atoms with Gasteiger partial charge in [-0.15, -0.1) is 0 Å². The Balaban J connectivity index is 2.09. The normalized spacial score (nSPS) is 16.3. The number of morpholine rings is 1. The quantitative estimate of drug-likeness (QED) is 0.818. The first-order valence-corrected chi connectivity index (χ1v) is 7.11. The number of thioether (sulfide) groups is 1. The molecule has 2 N–H and O–H groups in total. The van der Waals surface area contributed by atoms with Gasteiger partial charge in [0.2, 0.25) is 11.9 Å². The maximum Gasteiger partial charge on any atom is 0.231 e. The third kappa shape index (κ3) is 3.71. The van der Waals surface area contributed by atoms with Gasteiger partial charge >= 0.3 is 0 Å². The van der Waals surface area contributed by atoms with Crippen molar-refractivity contribution in [1.82, 2.24) is 15.0 Å². The van der Waals surface area contributed by atoms with E-state index in [0.29, 0.717) is 30.2 Å². The van der Waals surface area contributed by atoms with E-state index in [0.717, 1.165) is 18.8 Å². The predicted octanol–water partition coefficient (Wildman–Crippen LogP) is 1.04. The number of ether oxygens (including phenoxy) is 1. The number of nitrogen functional groups attached to an aromatic ring is 1. The second-order valence-corrected chi connectivity index (χ2v) is 5.57. The Bertz CT molecular complexity index is 395. The SMILES string of the molecule is CC(C)CSc1nc(N)nc(N2CCOCC2)n1. The van der Waals surface area contributed by atoms with Crippen molar-refractivity contribution in [1.29, 1.82) is 0 Å². The summed E-state index contributed by atoms with van der Waals surface area (Å²) in [6.07, 6.45) is 0. The number of nitrogens with two attached hydrogens (primary N) is 1. The molecule has 18 heavy (non-hydrogen) atoms. The molecule has 1 aliphatic rings. The topological polar surface area (TPSA) is 77.2 Å². The van der Waals surface area contributed by atoms with Gasteiger partial charge in [0, 0.05) is 18.8 Å². The second-order valence-electron chi connectivity index (χ2n) is 4.58. The minimum absolute atomic E-state index is 0.290. The van der Waals surface area contributed by atoms with E-state index in [2.05, 4.69) is 33.7 Å². The highest BCUT2D eigenvalue weighted by atomic mass is 32.2. The van der Waals surface area contributed by atoms with Crippen molar-refractivity contribution in [2.45, 2.75) is 19.0 Å². The first-order valence-electron chi connectivity index (χ1n) is 6.12. The largest absolute Gasteiger partial charge is 0.378 e. The van der Waals surface area contributed by atoms with Gasteiger partial charge in [-0.1, -0.05) is 25.6 Å². The second kappa shape index (κ2) is 6.19. The molecule has 0 saturated carbocycles. The fourth-order valence-electron chi connectivity index (χ4n) is 1.57. The maximum atomic E-state index is 5.74. The van der Waals surface area contributed by atoms with Crippen LogP contribution in [0.5, 0.6) is 0 Å². The van der Waals surface area contributed by atoms with Gasteiger partial charge in [-0.2, -0.15) is 15.0 Å². The summed E-state index contributed by atoms with van der Waals surface area (Å²) in [4.78, 5) is 14.9. The summed E-state index contributed by atoms with van der Waals surface area (Å²) in [7, 11) is 0. The van der Waals surface area contributed by atoms with Crippen LogP contribution in [0.1, 0.15) is 13.8 Å². The molecule has 0 atom stereocenters. The molecule has 0 spiro atoms. The van der Waals surface area contributed by atoms with Gasteiger partial charge in [0.15, 0.2) is 5.16 Å². The Hall–Kier alpha value is -1.08. The summed E-state index contributed by atoms with van der Waals surface area (Å²) in [5, 5.41) is 0.706. The van der Waals surface area contributed by atoms with Crippen LogP contribution in [0.3, 0.4) is 0 Å². The van der Waals surface area contributed by atoms with Crippen molar-refractivity contribution in [3.8, 4) is 0 Å². The number of hydrogen-bond acceptors (Lipinski definition) is 7. The van der Waals surface area contributed by atoms with Crippen molar-refractivity contribution < 1.29 is 4.74 Å². The van der Waals surface area contributed by atoms with Crippen LogP contribution in [0.4, 0.5) is 11.9 Å². The summed E-state index contributed by atoms with van der Waals surface area (Å²) >= 11 is 1.62. The Morgan fingerprint density at radius 1 is 1.28 bits per heavy atom. The van der Waals surface area contributed by atoms with Crippen LogP contribution in [0.15, 0.2) is 5.16 Å². The summed E-state index contributed by atoms with van der Waals surface area (Å²) < 4.78 is 5.31. The van der Waals surface area contributed by atoms with Crippen LogP contribution in [0, 0.1) is 5.92 Å². The smallest absolute Gasteiger partial charge is 0.231 e. The van der Waals surface area contributed by atoms with Crippen LogP contribution >= 0.6 is 11.8 Å².